The van der Waals surface area contributed by atoms with E-state index in [9.17, 15) is 4.79 Å². The smallest absolute Gasteiger partial charge is 0.223 e. The first-order chi connectivity index (χ1) is 9.65. The Morgan fingerprint density at radius 2 is 2.15 bits per heavy atom. The van der Waals surface area contributed by atoms with Gasteiger partial charge in [0.05, 0.1) is 19.8 Å². The van der Waals surface area contributed by atoms with Crippen molar-refractivity contribution in [3.8, 4) is 11.5 Å². The number of methoxy groups -OCH3 is 1. The lowest BCUT2D eigenvalue weighted by atomic mass is 9.84. The minimum Gasteiger partial charge on any atom is -0.493 e. The number of amides is 1. The van der Waals surface area contributed by atoms with Gasteiger partial charge in [0.1, 0.15) is 0 Å². The van der Waals surface area contributed by atoms with Gasteiger partial charge in [0.15, 0.2) is 11.5 Å². The van der Waals surface area contributed by atoms with Crippen LogP contribution in [0.2, 0.25) is 0 Å². The van der Waals surface area contributed by atoms with E-state index in [1.807, 2.05) is 32.0 Å². The number of nitrogens with one attached hydrogen (secondary N) is 1. The van der Waals surface area contributed by atoms with E-state index in [2.05, 4.69) is 5.32 Å². The topological polar surface area (TPSA) is 47.6 Å². The molecule has 1 fully saturated rings. The second kappa shape index (κ2) is 6.64. The Labute approximate surface area is 120 Å². The molecule has 0 aromatic heterocycles. The summed E-state index contributed by atoms with van der Waals surface area (Å²) in [6, 6.07) is 5.77. The molecule has 4 heteroatoms. The van der Waals surface area contributed by atoms with Gasteiger partial charge in [0.2, 0.25) is 5.91 Å². The van der Waals surface area contributed by atoms with Gasteiger partial charge in [0.25, 0.3) is 0 Å². The van der Waals surface area contributed by atoms with Gasteiger partial charge in [0, 0.05) is 5.92 Å². The van der Waals surface area contributed by atoms with Crippen LogP contribution in [0.15, 0.2) is 18.2 Å². The molecule has 110 valence electrons. The fourth-order valence-electron chi connectivity index (χ4n) is 2.31. The van der Waals surface area contributed by atoms with Crippen LogP contribution < -0.4 is 14.8 Å². The van der Waals surface area contributed by atoms with Crippen LogP contribution in [-0.4, -0.2) is 19.6 Å². The zero-order valence-electron chi connectivity index (χ0n) is 12.4. The van der Waals surface area contributed by atoms with E-state index in [-0.39, 0.29) is 17.9 Å². The van der Waals surface area contributed by atoms with Crippen LogP contribution in [0.1, 0.15) is 44.7 Å². The molecule has 1 aliphatic rings. The van der Waals surface area contributed by atoms with Gasteiger partial charge < -0.3 is 14.8 Å². The molecule has 0 aliphatic heterocycles. The van der Waals surface area contributed by atoms with Gasteiger partial charge in [-0.2, -0.15) is 0 Å². The van der Waals surface area contributed by atoms with E-state index >= 15 is 0 Å². The van der Waals surface area contributed by atoms with Crippen molar-refractivity contribution in [2.45, 2.75) is 39.2 Å². The van der Waals surface area contributed by atoms with Crippen LogP contribution in [-0.2, 0) is 4.79 Å². The number of ether oxygens (including phenoxy) is 2. The molecule has 20 heavy (non-hydrogen) atoms. The van der Waals surface area contributed by atoms with Crippen LogP contribution in [0.25, 0.3) is 0 Å². The number of rotatable bonds is 6. The van der Waals surface area contributed by atoms with Crippen molar-refractivity contribution in [2.24, 2.45) is 5.92 Å². The molecule has 0 bridgehead atoms. The third-order valence-electron chi connectivity index (χ3n) is 3.82. The van der Waals surface area contributed by atoms with Crippen LogP contribution in [0.5, 0.6) is 11.5 Å². The largest absolute Gasteiger partial charge is 0.493 e. The summed E-state index contributed by atoms with van der Waals surface area (Å²) in [4.78, 5) is 12.0. The minimum absolute atomic E-state index is 0.0207. The lowest BCUT2D eigenvalue weighted by Crippen LogP contribution is -2.35. The van der Waals surface area contributed by atoms with Crippen molar-refractivity contribution in [2.75, 3.05) is 13.7 Å². The quantitative estimate of drug-likeness (QED) is 0.869. The molecular formula is C16H23NO3. The number of hydrogen-bond donors (Lipinski definition) is 1. The van der Waals surface area contributed by atoms with E-state index in [0.717, 1.165) is 24.2 Å². The molecule has 1 N–H and O–H groups in total. The van der Waals surface area contributed by atoms with Crippen molar-refractivity contribution in [3.05, 3.63) is 23.8 Å². The molecule has 4 nitrogen and oxygen atoms in total. The van der Waals surface area contributed by atoms with Gasteiger partial charge >= 0.3 is 0 Å². The SMILES string of the molecule is CCOc1ccc([C@@H](C)NC(=O)C2CCC2)cc1OC. The van der Waals surface area contributed by atoms with E-state index in [1.165, 1.54) is 6.42 Å². The van der Waals surface area contributed by atoms with Gasteiger partial charge in [-0.3, -0.25) is 4.79 Å². The average molecular weight is 277 g/mol. The Bertz CT molecular complexity index is 469. The number of benzene rings is 1. The van der Waals surface area contributed by atoms with Gasteiger partial charge in [-0.1, -0.05) is 12.5 Å². The predicted octanol–water partition coefficient (Wildman–Crippen LogP) is 3.07. The predicted molar refractivity (Wildman–Crippen MR) is 78.1 cm³/mol. The summed E-state index contributed by atoms with van der Waals surface area (Å²) < 4.78 is 10.8. The van der Waals surface area contributed by atoms with Crippen molar-refractivity contribution < 1.29 is 14.3 Å². The second-order valence-corrected chi connectivity index (χ2v) is 5.20. The Morgan fingerprint density at radius 3 is 2.70 bits per heavy atom. The standard InChI is InChI=1S/C16H23NO3/c1-4-20-14-9-8-13(10-15(14)19-3)11(2)17-16(18)12-6-5-7-12/h8-12H,4-7H2,1-3H3,(H,17,18)/t11-/m1/s1. The lowest BCUT2D eigenvalue weighted by molar-refractivity contribution is -0.128. The van der Waals surface area contributed by atoms with Gasteiger partial charge in [-0.15, -0.1) is 0 Å². The second-order valence-electron chi connectivity index (χ2n) is 5.20. The summed E-state index contributed by atoms with van der Waals surface area (Å²) in [5.74, 6) is 1.81. The Hall–Kier alpha value is -1.71. The molecule has 2 rings (SSSR count). The first-order valence-electron chi connectivity index (χ1n) is 7.26. The maximum Gasteiger partial charge on any atom is 0.223 e. The van der Waals surface area contributed by atoms with E-state index in [1.54, 1.807) is 7.11 Å². The zero-order valence-corrected chi connectivity index (χ0v) is 12.4. The van der Waals surface area contributed by atoms with Crippen LogP contribution in [0.3, 0.4) is 0 Å². The lowest BCUT2D eigenvalue weighted by Gasteiger charge is -2.26. The highest BCUT2D eigenvalue weighted by Gasteiger charge is 2.26. The summed E-state index contributed by atoms with van der Waals surface area (Å²) >= 11 is 0. The third kappa shape index (κ3) is 3.24. The van der Waals surface area contributed by atoms with Crippen molar-refractivity contribution in [1.82, 2.24) is 5.32 Å². The molecule has 1 atom stereocenters. The number of hydrogen-bond acceptors (Lipinski definition) is 3. The zero-order chi connectivity index (χ0) is 14.5. The van der Waals surface area contributed by atoms with Crippen LogP contribution >= 0.6 is 0 Å². The van der Waals surface area contributed by atoms with Crippen LogP contribution in [0.4, 0.5) is 0 Å². The maximum absolute atomic E-state index is 12.0. The summed E-state index contributed by atoms with van der Waals surface area (Å²) in [5.41, 5.74) is 1.03. The summed E-state index contributed by atoms with van der Waals surface area (Å²) in [5, 5.41) is 3.07. The average Bonchev–Trinajstić information content (AvgIpc) is 2.37. The molecule has 1 amide bonds. The van der Waals surface area contributed by atoms with Gasteiger partial charge in [-0.05, 0) is 44.4 Å². The molecule has 0 spiro atoms. The molecule has 0 radical (unpaired) electrons. The molecular weight excluding hydrogens is 254 g/mol. The molecule has 1 aromatic carbocycles. The fraction of sp³-hybridized carbons (Fsp3) is 0.562. The Morgan fingerprint density at radius 1 is 1.40 bits per heavy atom. The van der Waals surface area contributed by atoms with Crippen molar-refractivity contribution >= 4 is 5.91 Å². The summed E-state index contributed by atoms with van der Waals surface area (Å²) in [7, 11) is 1.62. The third-order valence-corrected chi connectivity index (χ3v) is 3.82. The van der Waals surface area contributed by atoms with E-state index < -0.39 is 0 Å². The van der Waals surface area contributed by atoms with Gasteiger partial charge in [-0.25, -0.2) is 0 Å². The number of carbonyl (C=O) groups is 1. The highest BCUT2D eigenvalue weighted by atomic mass is 16.5. The highest BCUT2D eigenvalue weighted by molar-refractivity contribution is 5.79. The molecule has 0 unspecified atom stereocenters. The molecule has 0 heterocycles. The van der Waals surface area contributed by atoms with E-state index in [0.29, 0.717) is 12.4 Å². The van der Waals surface area contributed by atoms with Crippen LogP contribution in [0, 0.1) is 5.92 Å². The molecule has 0 saturated heterocycles. The molecule has 1 aliphatic carbocycles. The highest BCUT2D eigenvalue weighted by Crippen LogP contribution is 2.31. The minimum atomic E-state index is -0.0207. The molecule has 1 aromatic rings. The summed E-state index contributed by atoms with van der Waals surface area (Å²) in [6.07, 6.45) is 3.21. The Kier molecular flexibility index (Phi) is 4.88. The normalized spacial score (nSPS) is 16.1. The van der Waals surface area contributed by atoms with E-state index in [4.69, 9.17) is 9.47 Å². The molecule has 1 saturated carbocycles. The van der Waals surface area contributed by atoms with Crippen molar-refractivity contribution in [3.63, 3.8) is 0 Å². The first-order valence-corrected chi connectivity index (χ1v) is 7.26. The number of carbonyl (C=O) groups excluding carboxylic acids is 1. The van der Waals surface area contributed by atoms with Crippen molar-refractivity contribution in [1.29, 1.82) is 0 Å². The summed E-state index contributed by atoms with van der Waals surface area (Å²) in [6.45, 7) is 4.53. The Balaban J connectivity index is 2.05. The maximum atomic E-state index is 12.0. The fourth-order valence-corrected chi connectivity index (χ4v) is 2.31. The monoisotopic (exact) mass is 277 g/mol. The first kappa shape index (κ1) is 14.7.